The number of hydrogen-bond acceptors (Lipinski definition) is 7. The lowest BCUT2D eigenvalue weighted by Crippen LogP contribution is -2.52. The van der Waals surface area contributed by atoms with Gasteiger partial charge in [-0.2, -0.15) is 4.37 Å². The summed E-state index contributed by atoms with van der Waals surface area (Å²) in [5, 5.41) is 14.6. The van der Waals surface area contributed by atoms with Gasteiger partial charge in [-0.15, -0.1) is 24.0 Å². The molecule has 8 nitrogen and oxygen atoms in total. The Kier molecular flexibility index (Phi) is 11.5. The van der Waals surface area contributed by atoms with Gasteiger partial charge in [0.25, 0.3) is 0 Å². The summed E-state index contributed by atoms with van der Waals surface area (Å²) in [5.74, 6) is 1.75. The summed E-state index contributed by atoms with van der Waals surface area (Å²) in [4.78, 5) is 13.7. The van der Waals surface area contributed by atoms with Gasteiger partial charge in [0, 0.05) is 50.7 Å². The van der Waals surface area contributed by atoms with Gasteiger partial charge >= 0.3 is 0 Å². The van der Waals surface area contributed by atoms with Crippen molar-refractivity contribution in [2.45, 2.75) is 33.0 Å². The molecule has 0 spiro atoms. The van der Waals surface area contributed by atoms with Crippen LogP contribution < -0.4 is 10.2 Å². The van der Waals surface area contributed by atoms with E-state index in [0.29, 0.717) is 13.2 Å². The van der Waals surface area contributed by atoms with E-state index in [0.717, 1.165) is 61.6 Å². The van der Waals surface area contributed by atoms with Crippen molar-refractivity contribution in [2.24, 2.45) is 4.99 Å². The Balaban J connectivity index is 0.00000341. The van der Waals surface area contributed by atoms with Crippen molar-refractivity contribution in [1.29, 1.82) is 0 Å². The maximum absolute atomic E-state index is 10.3. The van der Waals surface area contributed by atoms with E-state index in [9.17, 15) is 5.11 Å². The van der Waals surface area contributed by atoms with Gasteiger partial charge in [0.2, 0.25) is 5.13 Å². The molecule has 31 heavy (non-hydrogen) atoms. The first-order chi connectivity index (χ1) is 14.7. The Morgan fingerprint density at radius 2 is 1.97 bits per heavy atom. The normalized spacial score (nSPS) is 15.5. The second-order valence-electron chi connectivity index (χ2n) is 7.17. The fourth-order valence-corrected chi connectivity index (χ4v) is 3.98. The molecule has 1 atom stereocenters. The number of ether oxygens (including phenoxy) is 1. The summed E-state index contributed by atoms with van der Waals surface area (Å²) in [7, 11) is 0. The van der Waals surface area contributed by atoms with Crippen molar-refractivity contribution < 1.29 is 9.84 Å². The molecule has 1 unspecified atom stereocenters. The highest BCUT2D eigenvalue weighted by Gasteiger charge is 2.22. The minimum absolute atomic E-state index is 0. The highest BCUT2D eigenvalue weighted by atomic mass is 127. The molecule has 0 bridgehead atoms. The molecule has 0 radical (unpaired) electrons. The van der Waals surface area contributed by atoms with E-state index < -0.39 is 6.10 Å². The van der Waals surface area contributed by atoms with E-state index >= 15 is 0 Å². The number of anilines is 1. The summed E-state index contributed by atoms with van der Waals surface area (Å²) >= 11 is 1.47. The highest BCUT2D eigenvalue weighted by Crippen LogP contribution is 2.19. The van der Waals surface area contributed by atoms with Crippen molar-refractivity contribution in [3.05, 3.63) is 41.7 Å². The number of benzene rings is 1. The standard InChI is InChI=1S/C21H32N6O2S.HI/c1-3-19-24-21(30-25-19)27-12-10-26(11-13-27)20(22-4-2)23-14-18(28)16-29-15-17-8-6-5-7-9-17;/h5-9,18,28H,3-4,10-16H2,1-2H3,(H,22,23);1H. The van der Waals surface area contributed by atoms with Crippen LogP contribution in [0.15, 0.2) is 35.3 Å². The largest absolute Gasteiger partial charge is 0.389 e. The molecule has 2 N–H and O–H groups in total. The van der Waals surface area contributed by atoms with Crippen molar-refractivity contribution in [3.63, 3.8) is 0 Å². The Hall–Kier alpha value is -1.50. The molecule has 0 amide bonds. The molecule has 0 aliphatic carbocycles. The third-order valence-corrected chi connectivity index (χ3v) is 5.65. The van der Waals surface area contributed by atoms with Crippen LogP contribution in [0.25, 0.3) is 0 Å². The van der Waals surface area contributed by atoms with Gasteiger partial charge in [0.05, 0.1) is 25.9 Å². The van der Waals surface area contributed by atoms with Gasteiger partial charge in [-0.25, -0.2) is 4.98 Å². The first kappa shape index (κ1) is 25.8. The number of guanidine groups is 1. The monoisotopic (exact) mass is 560 g/mol. The number of aryl methyl sites for hydroxylation is 1. The number of aromatic nitrogens is 2. The van der Waals surface area contributed by atoms with Crippen LogP contribution in [0.5, 0.6) is 0 Å². The molecule has 1 aliphatic rings. The lowest BCUT2D eigenvalue weighted by molar-refractivity contribution is 0.0330. The zero-order chi connectivity index (χ0) is 21.2. The fraction of sp³-hybridized carbons (Fsp3) is 0.571. The first-order valence-electron chi connectivity index (χ1n) is 10.6. The summed E-state index contributed by atoms with van der Waals surface area (Å²) in [6, 6.07) is 9.97. The first-order valence-corrected chi connectivity index (χ1v) is 11.4. The molecule has 2 aromatic rings. The van der Waals surface area contributed by atoms with Crippen molar-refractivity contribution in [1.82, 2.24) is 19.6 Å². The number of rotatable bonds is 9. The lowest BCUT2D eigenvalue weighted by atomic mass is 10.2. The molecule has 1 saturated heterocycles. The van der Waals surface area contributed by atoms with Gasteiger partial charge in [0.1, 0.15) is 5.82 Å². The van der Waals surface area contributed by atoms with Crippen molar-refractivity contribution >= 4 is 46.6 Å². The SMILES string of the molecule is CCNC(=NCC(O)COCc1ccccc1)N1CCN(c2nc(CC)ns2)CC1.I. The Labute approximate surface area is 205 Å². The maximum atomic E-state index is 10.3. The number of nitrogens with one attached hydrogen (secondary N) is 1. The zero-order valence-electron chi connectivity index (χ0n) is 18.2. The summed E-state index contributed by atoms with van der Waals surface area (Å²) < 4.78 is 10.0. The van der Waals surface area contributed by atoms with E-state index in [1.807, 2.05) is 30.3 Å². The average Bonchev–Trinajstić information content (AvgIpc) is 3.27. The number of aliphatic hydroxyl groups is 1. The number of hydrogen-bond donors (Lipinski definition) is 2. The molecule has 2 heterocycles. The predicted molar refractivity (Wildman–Crippen MR) is 137 cm³/mol. The predicted octanol–water partition coefficient (Wildman–Crippen LogP) is 2.38. The smallest absolute Gasteiger partial charge is 0.205 e. The molecule has 10 heteroatoms. The van der Waals surface area contributed by atoms with Crippen LogP contribution >= 0.6 is 35.5 Å². The van der Waals surface area contributed by atoms with Crippen molar-refractivity contribution in [3.8, 4) is 0 Å². The summed E-state index contributed by atoms with van der Waals surface area (Å²) in [6.45, 7) is 9.46. The van der Waals surface area contributed by atoms with Gasteiger partial charge in [-0.1, -0.05) is 37.3 Å². The lowest BCUT2D eigenvalue weighted by Gasteiger charge is -2.36. The minimum Gasteiger partial charge on any atom is -0.389 e. The van der Waals surface area contributed by atoms with E-state index in [1.165, 1.54) is 11.5 Å². The zero-order valence-corrected chi connectivity index (χ0v) is 21.4. The van der Waals surface area contributed by atoms with E-state index in [4.69, 9.17) is 4.74 Å². The molecule has 0 saturated carbocycles. The minimum atomic E-state index is -0.627. The third kappa shape index (κ3) is 8.17. The van der Waals surface area contributed by atoms with Crippen molar-refractivity contribution in [2.75, 3.05) is 50.8 Å². The van der Waals surface area contributed by atoms with Crippen LogP contribution in [0.3, 0.4) is 0 Å². The molecule has 1 aliphatic heterocycles. The number of aliphatic hydroxyl groups excluding tert-OH is 1. The number of piperazine rings is 1. The van der Waals surface area contributed by atoms with Crippen LogP contribution in [0.2, 0.25) is 0 Å². The number of aliphatic imine (C=N–C) groups is 1. The Morgan fingerprint density at radius 1 is 1.23 bits per heavy atom. The quantitative estimate of drug-likeness (QED) is 0.277. The van der Waals surface area contributed by atoms with E-state index in [2.05, 4.69) is 43.3 Å². The molecule has 1 aromatic heterocycles. The van der Waals surface area contributed by atoms with E-state index in [-0.39, 0.29) is 30.6 Å². The average molecular weight is 561 g/mol. The summed E-state index contributed by atoms with van der Waals surface area (Å²) in [6.07, 6.45) is 0.239. The van der Waals surface area contributed by atoms with Gasteiger partial charge in [0.15, 0.2) is 5.96 Å². The highest BCUT2D eigenvalue weighted by molar-refractivity contribution is 14.0. The molecular weight excluding hydrogens is 527 g/mol. The van der Waals surface area contributed by atoms with Crippen LogP contribution in [0.4, 0.5) is 5.13 Å². The number of halogens is 1. The van der Waals surface area contributed by atoms with E-state index in [1.54, 1.807) is 0 Å². The molecule has 3 rings (SSSR count). The second-order valence-corrected chi connectivity index (χ2v) is 7.90. The van der Waals surface area contributed by atoms with Crippen LogP contribution in [0.1, 0.15) is 25.2 Å². The Morgan fingerprint density at radius 3 is 2.61 bits per heavy atom. The molecule has 172 valence electrons. The van der Waals surface area contributed by atoms with Gasteiger partial charge in [-0.3, -0.25) is 4.99 Å². The van der Waals surface area contributed by atoms with Gasteiger partial charge in [-0.05, 0) is 12.5 Å². The molecular formula is C21H33IN6O2S. The fourth-order valence-electron chi connectivity index (χ4n) is 3.18. The second kappa shape index (κ2) is 13.8. The topological polar surface area (TPSA) is 86.1 Å². The maximum Gasteiger partial charge on any atom is 0.205 e. The summed E-state index contributed by atoms with van der Waals surface area (Å²) in [5.41, 5.74) is 1.10. The van der Waals surface area contributed by atoms with Crippen LogP contribution in [-0.2, 0) is 17.8 Å². The molecule has 1 fully saturated rings. The van der Waals surface area contributed by atoms with Gasteiger partial charge < -0.3 is 25.0 Å². The Bertz CT molecular complexity index is 783. The van der Waals surface area contributed by atoms with Crippen LogP contribution in [0, 0.1) is 0 Å². The van der Waals surface area contributed by atoms with Crippen LogP contribution in [-0.4, -0.2) is 77.3 Å². The molecule has 1 aromatic carbocycles. The number of nitrogens with zero attached hydrogens (tertiary/aromatic N) is 5. The third-order valence-electron chi connectivity index (χ3n) is 4.83.